The smallest absolute Gasteiger partial charge is 0.269 e. The van der Waals surface area contributed by atoms with E-state index in [-0.39, 0.29) is 18.0 Å². The Morgan fingerprint density at radius 3 is 2.49 bits per heavy atom. The van der Waals surface area contributed by atoms with Gasteiger partial charge in [0.1, 0.15) is 5.82 Å². The number of aryl methyl sites for hydroxylation is 1. The van der Waals surface area contributed by atoms with E-state index in [1.165, 1.54) is 12.1 Å². The Bertz CT molecular complexity index is 1580. The van der Waals surface area contributed by atoms with Crippen LogP contribution in [0.3, 0.4) is 0 Å². The zero-order valence-electron chi connectivity index (χ0n) is 19.9. The van der Waals surface area contributed by atoms with Gasteiger partial charge >= 0.3 is 0 Å². The molecule has 0 saturated carbocycles. The van der Waals surface area contributed by atoms with Crippen molar-refractivity contribution in [1.29, 1.82) is 0 Å². The van der Waals surface area contributed by atoms with Crippen molar-refractivity contribution >= 4 is 17.3 Å². The first-order chi connectivity index (χ1) is 18.0. The molecule has 1 N–H and O–H groups in total. The van der Waals surface area contributed by atoms with Gasteiger partial charge in [-0.15, -0.1) is 0 Å². The maximum absolute atomic E-state index is 13.1. The molecular weight excluding hydrogens is 468 g/mol. The van der Waals surface area contributed by atoms with E-state index in [2.05, 4.69) is 15.3 Å². The number of rotatable bonds is 7. The van der Waals surface area contributed by atoms with Crippen molar-refractivity contribution in [2.45, 2.75) is 13.3 Å². The lowest BCUT2D eigenvalue weighted by Gasteiger charge is -2.08. The third-order valence-corrected chi connectivity index (χ3v) is 5.73. The molecule has 0 aliphatic rings. The van der Waals surface area contributed by atoms with Crippen molar-refractivity contribution in [2.75, 3.05) is 5.32 Å². The number of nitro groups is 1. The Kier molecular flexibility index (Phi) is 6.50. The summed E-state index contributed by atoms with van der Waals surface area (Å²) >= 11 is 0. The minimum Gasteiger partial charge on any atom is -0.326 e. The summed E-state index contributed by atoms with van der Waals surface area (Å²) in [6, 6.07) is 25.0. The second-order valence-electron chi connectivity index (χ2n) is 8.38. The van der Waals surface area contributed by atoms with Crippen LogP contribution in [0.15, 0.2) is 97.3 Å². The molecular formula is C28H22N6O3. The van der Waals surface area contributed by atoms with Crippen LogP contribution in [0.1, 0.15) is 11.4 Å². The van der Waals surface area contributed by atoms with E-state index in [0.29, 0.717) is 28.3 Å². The lowest BCUT2D eigenvalue weighted by molar-refractivity contribution is -0.384. The normalized spacial score (nSPS) is 10.7. The topological polar surface area (TPSA) is 116 Å². The Balaban J connectivity index is 1.42. The Morgan fingerprint density at radius 2 is 1.76 bits per heavy atom. The number of nitrogens with one attached hydrogen (secondary N) is 1. The van der Waals surface area contributed by atoms with Gasteiger partial charge in [-0.3, -0.25) is 14.9 Å². The number of para-hydroxylation sites is 1. The van der Waals surface area contributed by atoms with Crippen molar-refractivity contribution in [2.24, 2.45) is 0 Å². The molecule has 3 aromatic carbocycles. The van der Waals surface area contributed by atoms with Gasteiger partial charge in [-0.05, 0) is 49.4 Å². The summed E-state index contributed by atoms with van der Waals surface area (Å²) in [6.45, 7) is 1.83. The Hall–Kier alpha value is -5.18. The highest BCUT2D eigenvalue weighted by molar-refractivity contribution is 5.93. The summed E-state index contributed by atoms with van der Waals surface area (Å²) in [4.78, 5) is 32.3. The van der Waals surface area contributed by atoms with Gasteiger partial charge in [0.05, 0.1) is 28.4 Å². The first-order valence-corrected chi connectivity index (χ1v) is 11.5. The van der Waals surface area contributed by atoms with Gasteiger partial charge in [0.15, 0.2) is 0 Å². The van der Waals surface area contributed by atoms with Crippen LogP contribution >= 0.6 is 0 Å². The molecule has 9 heteroatoms. The van der Waals surface area contributed by atoms with E-state index in [1.54, 1.807) is 23.0 Å². The number of carbonyl (C=O) groups is 1. The predicted octanol–water partition coefficient (Wildman–Crippen LogP) is 5.39. The van der Waals surface area contributed by atoms with Crippen LogP contribution in [-0.2, 0) is 11.2 Å². The molecule has 0 aliphatic carbocycles. The SMILES string of the molecule is Cc1nccc(-c2cccc(NC(=O)Cc3cn(-c4ccccc4)nc3-c3ccc([N+](=O)[O-])cc3)c2)n1. The van der Waals surface area contributed by atoms with Crippen LogP contribution in [0.4, 0.5) is 11.4 Å². The average Bonchev–Trinajstić information content (AvgIpc) is 3.33. The number of anilines is 1. The number of hydrogen-bond donors (Lipinski definition) is 1. The third kappa shape index (κ3) is 5.40. The first-order valence-electron chi connectivity index (χ1n) is 11.5. The molecule has 0 aliphatic heterocycles. The molecule has 0 saturated heterocycles. The second kappa shape index (κ2) is 10.2. The Labute approximate surface area is 212 Å². The van der Waals surface area contributed by atoms with Crippen molar-refractivity contribution in [3.8, 4) is 28.2 Å². The summed E-state index contributed by atoms with van der Waals surface area (Å²) < 4.78 is 1.71. The molecule has 0 fully saturated rings. The van der Waals surface area contributed by atoms with E-state index in [1.807, 2.05) is 73.8 Å². The van der Waals surface area contributed by atoms with Crippen LogP contribution in [0, 0.1) is 17.0 Å². The molecule has 2 heterocycles. The van der Waals surface area contributed by atoms with Crippen molar-refractivity contribution in [1.82, 2.24) is 19.7 Å². The van der Waals surface area contributed by atoms with Gasteiger partial charge in [-0.2, -0.15) is 5.10 Å². The van der Waals surface area contributed by atoms with Crippen LogP contribution in [0.5, 0.6) is 0 Å². The molecule has 0 radical (unpaired) electrons. The van der Waals surface area contributed by atoms with Crippen LogP contribution < -0.4 is 5.32 Å². The lowest BCUT2D eigenvalue weighted by Crippen LogP contribution is -2.14. The summed E-state index contributed by atoms with van der Waals surface area (Å²) in [5.41, 5.74) is 5.07. The average molecular weight is 491 g/mol. The number of carbonyl (C=O) groups excluding carboxylic acids is 1. The van der Waals surface area contributed by atoms with Gasteiger partial charge in [0.2, 0.25) is 5.91 Å². The fourth-order valence-corrected chi connectivity index (χ4v) is 3.99. The molecule has 9 nitrogen and oxygen atoms in total. The highest BCUT2D eigenvalue weighted by atomic mass is 16.6. The number of nitro benzene ring substituents is 1. The molecule has 0 spiro atoms. The van der Waals surface area contributed by atoms with Crippen molar-refractivity contribution in [3.05, 3.63) is 119 Å². The predicted molar refractivity (Wildman–Crippen MR) is 140 cm³/mol. The molecule has 5 rings (SSSR count). The zero-order chi connectivity index (χ0) is 25.8. The molecule has 2 aromatic heterocycles. The van der Waals surface area contributed by atoms with Gasteiger partial charge in [-0.25, -0.2) is 14.6 Å². The second-order valence-corrected chi connectivity index (χ2v) is 8.38. The van der Waals surface area contributed by atoms with Gasteiger partial charge in [0, 0.05) is 46.9 Å². The van der Waals surface area contributed by atoms with Gasteiger partial charge < -0.3 is 5.32 Å². The number of amides is 1. The monoisotopic (exact) mass is 490 g/mol. The third-order valence-electron chi connectivity index (χ3n) is 5.73. The highest BCUT2D eigenvalue weighted by Crippen LogP contribution is 2.27. The molecule has 1 amide bonds. The van der Waals surface area contributed by atoms with Crippen LogP contribution in [0.25, 0.3) is 28.2 Å². The minimum atomic E-state index is -0.447. The van der Waals surface area contributed by atoms with Crippen molar-refractivity contribution in [3.63, 3.8) is 0 Å². The minimum absolute atomic E-state index is 0.00991. The fraction of sp³-hybridized carbons (Fsp3) is 0.0714. The first kappa shape index (κ1) is 23.6. The summed E-state index contributed by atoms with van der Waals surface area (Å²) in [5, 5.41) is 18.7. The molecule has 5 aromatic rings. The van der Waals surface area contributed by atoms with Crippen LogP contribution in [-0.4, -0.2) is 30.6 Å². The Morgan fingerprint density at radius 1 is 0.973 bits per heavy atom. The molecule has 0 bridgehead atoms. The quantitative estimate of drug-likeness (QED) is 0.241. The number of non-ortho nitro benzene ring substituents is 1. The van der Waals surface area contributed by atoms with E-state index >= 15 is 0 Å². The largest absolute Gasteiger partial charge is 0.326 e. The van der Waals surface area contributed by atoms with Gasteiger partial charge in [-0.1, -0.05) is 30.3 Å². The van der Waals surface area contributed by atoms with E-state index in [4.69, 9.17) is 5.10 Å². The highest BCUT2D eigenvalue weighted by Gasteiger charge is 2.17. The fourth-order valence-electron chi connectivity index (χ4n) is 3.99. The standard InChI is InChI=1S/C28H22N6O3/c1-19-29-15-14-26(30-19)21-6-5-7-23(16-21)31-27(35)17-22-18-33(24-8-3-2-4-9-24)32-28(22)20-10-12-25(13-11-20)34(36)37/h2-16,18H,17H2,1H3,(H,31,35). The number of benzene rings is 3. The van der Waals surface area contributed by atoms with E-state index in [0.717, 1.165) is 16.9 Å². The van der Waals surface area contributed by atoms with Crippen LogP contribution in [0.2, 0.25) is 0 Å². The van der Waals surface area contributed by atoms with Crippen molar-refractivity contribution < 1.29 is 9.72 Å². The number of nitrogens with zero attached hydrogens (tertiary/aromatic N) is 5. The molecule has 0 unspecified atom stereocenters. The summed E-state index contributed by atoms with van der Waals surface area (Å²) in [7, 11) is 0. The lowest BCUT2D eigenvalue weighted by atomic mass is 10.1. The van der Waals surface area contributed by atoms with E-state index < -0.39 is 4.92 Å². The van der Waals surface area contributed by atoms with Gasteiger partial charge in [0.25, 0.3) is 5.69 Å². The molecule has 37 heavy (non-hydrogen) atoms. The summed E-state index contributed by atoms with van der Waals surface area (Å²) in [5.74, 6) is 0.452. The zero-order valence-corrected chi connectivity index (χ0v) is 19.9. The molecule has 182 valence electrons. The van der Waals surface area contributed by atoms with E-state index in [9.17, 15) is 14.9 Å². The maximum atomic E-state index is 13.1. The number of hydrogen-bond acceptors (Lipinski definition) is 6. The summed E-state index contributed by atoms with van der Waals surface area (Å²) in [6.07, 6.45) is 3.58. The maximum Gasteiger partial charge on any atom is 0.269 e. The molecule has 0 atom stereocenters. The number of aromatic nitrogens is 4.